The van der Waals surface area contributed by atoms with E-state index in [2.05, 4.69) is 9.88 Å². The highest BCUT2D eigenvalue weighted by Crippen LogP contribution is 2.23. The van der Waals surface area contributed by atoms with E-state index in [0.717, 1.165) is 0 Å². The van der Waals surface area contributed by atoms with Gasteiger partial charge in [-0.1, -0.05) is 5.16 Å². The number of aromatic nitrogens is 1. The predicted molar refractivity (Wildman–Crippen MR) is 63.0 cm³/mol. The molecule has 4 N–H and O–H groups in total. The molecule has 1 heterocycles. The van der Waals surface area contributed by atoms with Crippen molar-refractivity contribution in [1.82, 2.24) is 9.88 Å². The van der Waals surface area contributed by atoms with Gasteiger partial charge in [-0.2, -0.15) is 0 Å². The van der Waals surface area contributed by atoms with Gasteiger partial charge < -0.3 is 15.4 Å². The summed E-state index contributed by atoms with van der Waals surface area (Å²) in [5.74, 6) is 0.231. The molecule has 0 spiro atoms. The third-order valence-electron chi connectivity index (χ3n) is 2.24. The minimum Gasteiger partial charge on any atom is -0.506 e. The SMILES string of the molecule is Nc1cc(S(=O)(=O)NCc2ccno2)ccc1O. The number of nitrogen functional groups attached to an aromatic ring is 1. The van der Waals surface area contributed by atoms with Crippen molar-refractivity contribution in [3.8, 4) is 5.75 Å². The van der Waals surface area contributed by atoms with Gasteiger partial charge in [0.2, 0.25) is 10.0 Å². The number of nitrogens with two attached hydrogens (primary N) is 1. The zero-order valence-electron chi connectivity index (χ0n) is 9.20. The topological polar surface area (TPSA) is 118 Å². The van der Waals surface area contributed by atoms with E-state index in [9.17, 15) is 13.5 Å². The van der Waals surface area contributed by atoms with Gasteiger partial charge in [0.15, 0.2) is 5.76 Å². The molecule has 7 nitrogen and oxygen atoms in total. The van der Waals surface area contributed by atoms with Crippen LogP contribution in [0.2, 0.25) is 0 Å². The van der Waals surface area contributed by atoms with Gasteiger partial charge in [0, 0.05) is 6.07 Å². The molecule has 18 heavy (non-hydrogen) atoms. The highest BCUT2D eigenvalue weighted by molar-refractivity contribution is 7.89. The molecule has 0 saturated carbocycles. The van der Waals surface area contributed by atoms with E-state index in [1.165, 1.54) is 24.4 Å². The van der Waals surface area contributed by atoms with E-state index in [1.54, 1.807) is 6.07 Å². The van der Waals surface area contributed by atoms with Crippen LogP contribution in [-0.2, 0) is 16.6 Å². The second-order valence-corrected chi connectivity index (χ2v) is 5.29. The lowest BCUT2D eigenvalue weighted by molar-refractivity contribution is 0.380. The lowest BCUT2D eigenvalue weighted by Gasteiger charge is -2.06. The number of nitrogens with one attached hydrogen (secondary N) is 1. The molecule has 0 bridgehead atoms. The number of sulfonamides is 1. The molecule has 96 valence electrons. The van der Waals surface area contributed by atoms with Crippen LogP contribution in [0.25, 0.3) is 0 Å². The Morgan fingerprint density at radius 2 is 2.17 bits per heavy atom. The number of benzene rings is 1. The minimum absolute atomic E-state index is 0.00228. The van der Waals surface area contributed by atoms with E-state index >= 15 is 0 Å². The maximum atomic E-state index is 11.9. The zero-order chi connectivity index (χ0) is 13.2. The summed E-state index contributed by atoms with van der Waals surface area (Å²) in [4.78, 5) is -0.0303. The lowest BCUT2D eigenvalue weighted by atomic mass is 10.3. The molecule has 1 aromatic heterocycles. The van der Waals surface area contributed by atoms with Gasteiger partial charge in [-0.25, -0.2) is 13.1 Å². The van der Waals surface area contributed by atoms with Crippen molar-refractivity contribution in [2.24, 2.45) is 0 Å². The summed E-state index contributed by atoms with van der Waals surface area (Å²) in [7, 11) is -3.70. The first-order chi connectivity index (χ1) is 8.49. The second-order valence-electron chi connectivity index (χ2n) is 3.52. The Morgan fingerprint density at radius 3 is 2.78 bits per heavy atom. The normalized spacial score (nSPS) is 11.6. The van der Waals surface area contributed by atoms with E-state index in [0.29, 0.717) is 5.76 Å². The van der Waals surface area contributed by atoms with Crippen LogP contribution in [0.4, 0.5) is 5.69 Å². The van der Waals surface area contributed by atoms with Gasteiger partial charge in [-0.05, 0) is 18.2 Å². The standard InChI is InChI=1S/C10H11N3O4S/c11-9-5-8(1-2-10(9)14)18(15,16)13-6-7-3-4-12-17-7/h1-5,13-14H,6,11H2. The average molecular weight is 269 g/mol. The molecule has 0 atom stereocenters. The van der Waals surface area contributed by atoms with Crippen LogP contribution in [-0.4, -0.2) is 18.7 Å². The van der Waals surface area contributed by atoms with Gasteiger partial charge in [-0.15, -0.1) is 0 Å². The summed E-state index contributed by atoms with van der Waals surface area (Å²) in [5.41, 5.74) is 5.44. The molecule has 0 saturated heterocycles. The number of rotatable bonds is 4. The van der Waals surface area contributed by atoms with Crippen molar-refractivity contribution in [2.75, 3.05) is 5.73 Å². The monoisotopic (exact) mass is 269 g/mol. The van der Waals surface area contributed by atoms with Crippen LogP contribution >= 0.6 is 0 Å². The van der Waals surface area contributed by atoms with Gasteiger partial charge in [0.25, 0.3) is 0 Å². The molecule has 0 aliphatic rings. The van der Waals surface area contributed by atoms with Crippen molar-refractivity contribution in [1.29, 1.82) is 0 Å². The summed E-state index contributed by atoms with van der Waals surface area (Å²) in [6.45, 7) is -0.0108. The van der Waals surface area contributed by atoms with Crippen molar-refractivity contribution >= 4 is 15.7 Å². The van der Waals surface area contributed by atoms with Crippen LogP contribution in [0, 0.1) is 0 Å². The molecular weight excluding hydrogens is 258 g/mol. The quantitative estimate of drug-likeness (QED) is 0.547. The number of anilines is 1. The fraction of sp³-hybridized carbons (Fsp3) is 0.100. The molecule has 0 unspecified atom stereocenters. The van der Waals surface area contributed by atoms with Crippen LogP contribution in [0.15, 0.2) is 39.9 Å². The van der Waals surface area contributed by atoms with Crippen molar-refractivity contribution in [2.45, 2.75) is 11.4 Å². The van der Waals surface area contributed by atoms with Gasteiger partial charge in [-0.3, -0.25) is 0 Å². The summed E-state index contributed by atoms with van der Waals surface area (Å²) in [6.07, 6.45) is 1.42. The molecule has 0 aliphatic heterocycles. The molecule has 0 fully saturated rings. The number of aromatic hydroxyl groups is 1. The minimum atomic E-state index is -3.70. The molecule has 8 heteroatoms. The largest absolute Gasteiger partial charge is 0.506 e. The summed E-state index contributed by atoms with van der Waals surface area (Å²) in [6, 6.07) is 5.21. The Morgan fingerprint density at radius 1 is 1.39 bits per heavy atom. The number of phenols is 1. The van der Waals surface area contributed by atoms with Crippen LogP contribution < -0.4 is 10.5 Å². The Bertz CT molecular complexity index is 637. The van der Waals surface area contributed by atoms with Crippen LogP contribution in [0.5, 0.6) is 5.75 Å². The first-order valence-corrected chi connectivity index (χ1v) is 6.45. The molecule has 0 amide bonds. The molecule has 2 aromatic rings. The van der Waals surface area contributed by atoms with Crippen molar-refractivity contribution in [3.05, 3.63) is 36.2 Å². The molecule has 0 aliphatic carbocycles. The first kappa shape index (κ1) is 12.4. The summed E-state index contributed by atoms with van der Waals surface area (Å²) < 4.78 is 30.9. The smallest absolute Gasteiger partial charge is 0.241 e. The van der Waals surface area contributed by atoms with Gasteiger partial charge in [0.05, 0.1) is 23.3 Å². The summed E-state index contributed by atoms with van der Waals surface area (Å²) >= 11 is 0. The number of hydrogen-bond donors (Lipinski definition) is 3. The highest BCUT2D eigenvalue weighted by atomic mass is 32.2. The average Bonchev–Trinajstić information content (AvgIpc) is 2.83. The Hall–Kier alpha value is -2.06. The molecular formula is C10H11N3O4S. The predicted octanol–water partition coefficient (Wildman–Crippen LogP) is 0.441. The number of hydrogen-bond acceptors (Lipinski definition) is 6. The molecule has 0 radical (unpaired) electrons. The highest BCUT2D eigenvalue weighted by Gasteiger charge is 2.15. The second kappa shape index (κ2) is 4.67. The lowest BCUT2D eigenvalue weighted by Crippen LogP contribution is -2.23. The van der Waals surface area contributed by atoms with Crippen molar-refractivity contribution in [3.63, 3.8) is 0 Å². The third kappa shape index (κ3) is 2.60. The van der Waals surface area contributed by atoms with Crippen LogP contribution in [0.3, 0.4) is 0 Å². The molecule has 2 rings (SSSR count). The summed E-state index contributed by atoms with van der Waals surface area (Å²) in [5, 5.41) is 12.7. The van der Waals surface area contributed by atoms with E-state index < -0.39 is 10.0 Å². The van der Waals surface area contributed by atoms with Gasteiger partial charge in [0.1, 0.15) is 5.75 Å². The fourth-order valence-electron chi connectivity index (χ4n) is 1.28. The van der Waals surface area contributed by atoms with E-state index in [-0.39, 0.29) is 22.9 Å². The van der Waals surface area contributed by atoms with Gasteiger partial charge >= 0.3 is 0 Å². The molecule has 1 aromatic carbocycles. The first-order valence-electron chi connectivity index (χ1n) is 4.97. The van der Waals surface area contributed by atoms with Crippen molar-refractivity contribution < 1.29 is 18.0 Å². The zero-order valence-corrected chi connectivity index (χ0v) is 10.0. The van der Waals surface area contributed by atoms with E-state index in [4.69, 9.17) is 10.3 Å². The third-order valence-corrected chi connectivity index (χ3v) is 3.64. The number of phenolic OH excluding ortho intramolecular Hbond substituents is 1. The number of nitrogens with zero attached hydrogens (tertiary/aromatic N) is 1. The maximum absolute atomic E-state index is 11.9. The Labute approximate surface area is 103 Å². The van der Waals surface area contributed by atoms with E-state index in [1.807, 2.05) is 0 Å². The van der Waals surface area contributed by atoms with Crippen LogP contribution in [0.1, 0.15) is 5.76 Å². The maximum Gasteiger partial charge on any atom is 0.241 e. The Kier molecular flexibility index (Phi) is 3.21. The Balaban J connectivity index is 2.17. The fourth-order valence-corrected chi connectivity index (χ4v) is 2.31.